The largest absolute Gasteiger partial charge is 0.448 e. The van der Waals surface area contributed by atoms with Crippen molar-refractivity contribution in [3.63, 3.8) is 0 Å². The SMILES string of the molecule is CSc1ncc(C(=O)OC(C)C(=O)NCC(C)C)n1-c1ccc(F)cc1. The third-order valence-corrected chi connectivity index (χ3v) is 4.20. The van der Waals surface area contributed by atoms with Crippen molar-refractivity contribution in [1.29, 1.82) is 0 Å². The van der Waals surface area contributed by atoms with Gasteiger partial charge in [-0.1, -0.05) is 25.6 Å². The Morgan fingerprint density at radius 3 is 2.50 bits per heavy atom. The molecule has 0 bridgehead atoms. The molecule has 1 aromatic carbocycles. The number of esters is 1. The second kappa shape index (κ2) is 8.84. The summed E-state index contributed by atoms with van der Waals surface area (Å²) in [4.78, 5) is 28.8. The fourth-order valence-electron chi connectivity index (χ4n) is 2.19. The summed E-state index contributed by atoms with van der Waals surface area (Å²) >= 11 is 1.34. The molecule has 0 aliphatic carbocycles. The number of nitrogens with one attached hydrogen (secondary N) is 1. The zero-order valence-electron chi connectivity index (χ0n) is 15.2. The number of ether oxygens (including phenoxy) is 1. The smallest absolute Gasteiger partial charge is 0.357 e. The van der Waals surface area contributed by atoms with E-state index >= 15 is 0 Å². The third kappa shape index (κ3) is 4.85. The van der Waals surface area contributed by atoms with E-state index in [2.05, 4.69) is 10.3 Å². The minimum Gasteiger partial charge on any atom is -0.448 e. The summed E-state index contributed by atoms with van der Waals surface area (Å²) in [6.07, 6.45) is 2.27. The number of halogens is 1. The molecule has 0 aliphatic heterocycles. The van der Waals surface area contributed by atoms with Gasteiger partial charge in [0.25, 0.3) is 5.91 Å². The standard InChI is InChI=1S/C18H22FN3O3S/c1-11(2)9-20-16(23)12(3)25-17(24)15-10-21-18(26-4)22(15)14-7-5-13(19)6-8-14/h5-8,10-12H,9H2,1-4H3,(H,20,23). The lowest BCUT2D eigenvalue weighted by molar-refractivity contribution is -0.129. The number of hydrogen-bond acceptors (Lipinski definition) is 5. The average molecular weight is 379 g/mol. The molecule has 0 saturated carbocycles. The van der Waals surface area contributed by atoms with Crippen molar-refractivity contribution in [2.45, 2.75) is 32.0 Å². The lowest BCUT2D eigenvalue weighted by atomic mass is 10.2. The molecular formula is C18H22FN3O3S. The third-order valence-electron chi connectivity index (χ3n) is 3.54. The fraction of sp³-hybridized carbons (Fsp3) is 0.389. The van der Waals surface area contributed by atoms with E-state index in [0.717, 1.165) is 0 Å². The number of benzene rings is 1. The van der Waals surface area contributed by atoms with E-state index in [4.69, 9.17) is 4.74 Å². The molecule has 2 aromatic rings. The van der Waals surface area contributed by atoms with Gasteiger partial charge in [0.2, 0.25) is 0 Å². The van der Waals surface area contributed by atoms with E-state index in [9.17, 15) is 14.0 Å². The van der Waals surface area contributed by atoms with Crippen LogP contribution in [-0.2, 0) is 9.53 Å². The molecule has 140 valence electrons. The summed E-state index contributed by atoms with van der Waals surface area (Å²) < 4.78 is 20.0. The Morgan fingerprint density at radius 1 is 1.27 bits per heavy atom. The highest BCUT2D eigenvalue weighted by Crippen LogP contribution is 2.22. The zero-order chi connectivity index (χ0) is 19.3. The first-order chi connectivity index (χ1) is 12.3. The predicted molar refractivity (Wildman–Crippen MR) is 98.0 cm³/mol. The average Bonchev–Trinajstić information content (AvgIpc) is 3.04. The summed E-state index contributed by atoms with van der Waals surface area (Å²) in [5.74, 6) is -1.11. The molecule has 0 fully saturated rings. The van der Waals surface area contributed by atoms with Gasteiger partial charge < -0.3 is 10.1 Å². The van der Waals surface area contributed by atoms with Crippen LogP contribution in [0.2, 0.25) is 0 Å². The van der Waals surface area contributed by atoms with Gasteiger partial charge in [0.1, 0.15) is 5.82 Å². The van der Waals surface area contributed by atoms with Crippen LogP contribution in [0.5, 0.6) is 0 Å². The molecule has 26 heavy (non-hydrogen) atoms. The van der Waals surface area contributed by atoms with Gasteiger partial charge in [0.05, 0.1) is 6.20 Å². The first-order valence-electron chi connectivity index (χ1n) is 8.19. The second-order valence-corrected chi connectivity index (χ2v) is 6.90. The first kappa shape index (κ1) is 20.0. The zero-order valence-corrected chi connectivity index (χ0v) is 16.0. The molecule has 0 saturated heterocycles. The molecule has 1 heterocycles. The molecule has 1 aromatic heterocycles. The van der Waals surface area contributed by atoms with Gasteiger partial charge in [-0.3, -0.25) is 9.36 Å². The van der Waals surface area contributed by atoms with Crippen molar-refractivity contribution < 1.29 is 18.7 Å². The van der Waals surface area contributed by atoms with Gasteiger partial charge in [-0.25, -0.2) is 14.2 Å². The number of imidazole rings is 1. The minimum atomic E-state index is -0.935. The lowest BCUT2D eigenvalue weighted by Gasteiger charge is -2.15. The van der Waals surface area contributed by atoms with Crippen LogP contribution in [0.4, 0.5) is 4.39 Å². The predicted octanol–water partition coefficient (Wildman–Crippen LogP) is 3.05. The van der Waals surface area contributed by atoms with E-state index in [-0.39, 0.29) is 17.4 Å². The monoisotopic (exact) mass is 379 g/mol. The Kier molecular flexibility index (Phi) is 6.79. The van der Waals surface area contributed by atoms with Crippen LogP contribution < -0.4 is 5.32 Å². The molecule has 6 nitrogen and oxygen atoms in total. The first-order valence-corrected chi connectivity index (χ1v) is 9.42. The molecule has 1 N–H and O–H groups in total. The summed E-state index contributed by atoms with van der Waals surface area (Å²) in [6, 6.07) is 5.70. The number of nitrogens with zero attached hydrogens (tertiary/aromatic N) is 2. The quantitative estimate of drug-likeness (QED) is 0.591. The van der Waals surface area contributed by atoms with Crippen LogP contribution in [0, 0.1) is 11.7 Å². The molecule has 8 heteroatoms. The Morgan fingerprint density at radius 2 is 1.92 bits per heavy atom. The maximum absolute atomic E-state index is 13.2. The Labute approximate surface area is 156 Å². The van der Waals surface area contributed by atoms with Gasteiger partial charge in [-0.05, 0) is 43.4 Å². The number of carbonyl (C=O) groups excluding carboxylic acids is 2. The Bertz CT molecular complexity index is 774. The lowest BCUT2D eigenvalue weighted by Crippen LogP contribution is -2.37. The van der Waals surface area contributed by atoms with Crippen molar-refractivity contribution in [2.75, 3.05) is 12.8 Å². The van der Waals surface area contributed by atoms with Crippen molar-refractivity contribution in [1.82, 2.24) is 14.9 Å². The summed E-state index contributed by atoms with van der Waals surface area (Å²) in [5.41, 5.74) is 0.751. The maximum atomic E-state index is 13.2. The topological polar surface area (TPSA) is 73.2 Å². The molecular weight excluding hydrogens is 357 g/mol. The Hall–Kier alpha value is -2.35. The summed E-state index contributed by atoms with van der Waals surface area (Å²) in [7, 11) is 0. The maximum Gasteiger partial charge on any atom is 0.357 e. The van der Waals surface area contributed by atoms with Crippen molar-refractivity contribution in [3.8, 4) is 5.69 Å². The molecule has 2 rings (SSSR count). The Balaban J connectivity index is 2.20. The second-order valence-electron chi connectivity index (χ2n) is 6.13. The highest BCUT2D eigenvalue weighted by Gasteiger charge is 2.23. The number of amides is 1. The van der Waals surface area contributed by atoms with Crippen molar-refractivity contribution in [2.24, 2.45) is 5.92 Å². The van der Waals surface area contributed by atoms with E-state index < -0.39 is 12.1 Å². The summed E-state index contributed by atoms with van der Waals surface area (Å²) in [6.45, 7) is 5.97. The fourth-order valence-corrected chi connectivity index (χ4v) is 2.73. The highest BCUT2D eigenvalue weighted by atomic mass is 32.2. The van der Waals surface area contributed by atoms with Gasteiger partial charge in [0, 0.05) is 12.2 Å². The van der Waals surface area contributed by atoms with E-state index in [0.29, 0.717) is 23.3 Å². The molecule has 1 atom stereocenters. The minimum absolute atomic E-state index is 0.171. The molecule has 0 spiro atoms. The van der Waals surface area contributed by atoms with Crippen LogP contribution in [-0.4, -0.2) is 40.3 Å². The number of thioether (sulfide) groups is 1. The number of hydrogen-bond donors (Lipinski definition) is 1. The van der Waals surface area contributed by atoms with Crippen LogP contribution in [0.1, 0.15) is 31.3 Å². The van der Waals surface area contributed by atoms with E-state index in [1.807, 2.05) is 20.1 Å². The summed E-state index contributed by atoms with van der Waals surface area (Å²) in [5, 5.41) is 3.28. The van der Waals surface area contributed by atoms with Crippen LogP contribution in [0.3, 0.4) is 0 Å². The molecule has 1 unspecified atom stereocenters. The van der Waals surface area contributed by atoms with E-state index in [1.165, 1.54) is 37.0 Å². The normalized spacial score (nSPS) is 12.1. The van der Waals surface area contributed by atoms with Crippen LogP contribution in [0.25, 0.3) is 5.69 Å². The number of carbonyl (C=O) groups is 2. The van der Waals surface area contributed by atoms with Gasteiger partial charge in [-0.15, -0.1) is 0 Å². The van der Waals surface area contributed by atoms with Crippen LogP contribution in [0.15, 0.2) is 35.6 Å². The number of aromatic nitrogens is 2. The van der Waals surface area contributed by atoms with Crippen LogP contribution >= 0.6 is 11.8 Å². The van der Waals surface area contributed by atoms with E-state index in [1.54, 1.807) is 16.7 Å². The van der Waals surface area contributed by atoms with Gasteiger partial charge in [-0.2, -0.15) is 0 Å². The molecule has 0 radical (unpaired) electrons. The van der Waals surface area contributed by atoms with Crippen molar-refractivity contribution >= 4 is 23.6 Å². The van der Waals surface area contributed by atoms with Crippen molar-refractivity contribution in [3.05, 3.63) is 42.0 Å². The molecule has 1 amide bonds. The number of rotatable bonds is 7. The highest BCUT2D eigenvalue weighted by molar-refractivity contribution is 7.98. The van der Waals surface area contributed by atoms with Gasteiger partial charge in [0.15, 0.2) is 17.0 Å². The van der Waals surface area contributed by atoms with Gasteiger partial charge >= 0.3 is 5.97 Å². The molecule has 0 aliphatic rings.